The minimum absolute atomic E-state index is 0.147. The van der Waals surface area contributed by atoms with E-state index in [0.717, 1.165) is 24.8 Å². The average molecular weight is 278 g/mol. The van der Waals surface area contributed by atoms with Gasteiger partial charge in [0.25, 0.3) is 0 Å². The molecule has 0 spiro atoms. The van der Waals surface area contributed by atoms with Crippen LogP contribution >= 0.6 is 0 Å². The van der Waals surface area contributed by atoms with Crippen LogP contribution in [0.2, 0.25) is 0 Å². The number of rotatable bonds is 4. The second kappa shape index (κ2) is 5.90. The summed E-state index contributed by atoms with van der Waals surface area (Å²) in [6.07, 6.45) is 6.70. The summed E-state index contributed by atoms with van der Waals surface area (Å²) in [5.74, 6) is 1.84. The van der Waals surface area contributed by atoms with E-state index >= 15 is 0 Å². The normalized spacial score (nSPS) is 28.0. The summed E-state index contributed by atoms with van der Waals surface area (Å²) < 4.78 is 5.48. The molecule has 1 aliphatic rings. The van der Waals surface area contributed by atoms with Crippen LogP contribution in [0.5, 0.6) is 0 Å². The van der Waals surface area contributed by atoms with E-state index in [4.69, 9.17) is 10.2 Å². The van der Waals surface area contributed by atoms with Crippen LogP contribution in [-0.4, -0.2) is 24.0 Å². The van der Waals surface area contributed by atoms with Crippen molar-refractivity contribution in [2.75, 3.05) is 13.6 Å². The highest BCUT2D eigenvalue weighted by molar-refractivity contribution is 5.02. The summed E-state index contributed by atoms with van der Waals surface area (Å²) in [6, 6.07) is 4.00. The minimum Gasteiger partial charge on any atom is -0.468 e. The quantitative estimate of drug-likeness (QED) is 0.914. The smallest absolute Gasteiger partial charge is 0.117 e. The van der Waals surface area contributed by atoms with Gasteiger partial charge in [0.05, 0.1) is 12.8 Å². The molecule has 1 aromatic rings. The first-order chi connectivity index (χ1) is 9.37. The molecular formula is C17H30N2O. The van der Waals surface area contributed by atoms with E-state index in [2.05, 4.69) is 32.7 Å². The van der Waals surface area contributed by atoms with Crippen LogP contribution < -0.4 is 5.73 Å². The molecule has 114 valence electrons. The molecule has 1 aliphatic carbocycles. The monoisotopic (exact) mass is 278 g/mol. The molecule has 2 N–H and O–H groups in total. The van der Waals surface area contributed by atoms with Crippen molar-refractivity contribution in [2.45, 2.75) is 58.5 Å². The lowest BCUT2D eigenvalue weighted by molar-refractivity contribution is 0.0297. The van der Waals surface area contributed by atoms with Crippen LogP contribution in [0, 0.1) is 11.3 Å². The van der Waals surface area contributed by atoms with Crippen LogP contribution in [0.25, 0.3) is 0 Å². The van der Waals surface area contributed by atoms with Gasteiger partial charge in [0.15, 0.2) is 0 Å². The number of furan rings is 1. The Morgan fingerprint density at radius 1 is 1.35 bits per heavy atom. The predicted molar refractivity (Wildman–Crippen MR) is 83.4 cm³/mol. The van der Waals surface area contributed by atoms with Gasteiger partial charge >= 0.3 is 0 Å². The second-order valence-electron chi connectivity index (χ2n) is 7.50. The molecule has 3 nitrogen and oxygen atoms in total. The summed E-state index contributed by atoms with van der Waals surface area (Å²) in [4.78, 5) is 2.41. The van der Waals surface area contributed by atoms with Gasteiger partial charge in [0.1, 0.15) is 5.76 Å². The molecule has 0 aromatic carbocycles. The highest BCUT2D eigenvalue weighted by Crippen LogP contribution is 2.43. The standard InChI is InChI=1S/C17H30N2O/c1-16(2,3)14-7-9-17(13-18,10-8-14)19(4)12-15-6-5-11-20-15/h5-6,11,14H,7-10,12-13,18H2,1-4H3. The van der Waals surface area contributed by atoms with E-state index in [1.165, 1.54) is 25.7 Å². The Bertz CT molecular complexity index is 397. The maximum absolute atomic E-state index is 6.15. The minimum atomic E-state index is 0.147. The van der Waals surface area contributed by atoms with E-state index in [1.54, 1.807) is 6.26 Å². The fraction of sp³-hybridized carbons (Fsp3) is 0.765. The number of hydrogen-bond acceptors (Lipinski definition) is 3. The maximum Gasteiger partial charge on any atom is 0.117 e. The van der Waals surface area contributed by atoms with Crippen LogP contribution in [0.15, 0.2) is 22.8 Å². The highest BCUT2D eigenvalue weighted by atomic mass is 16.3. The third-order valence-electron chi connectivity index (χ3n) is 5.30. The van der Waals surface area contributed by atoms with Gasteiger partial charge in [-0.3, -0.25) is 4.90 Å². The topological polar surface area (TPSA) is 42.4 Å². The zero-order chi connectivity index (χ0) is 14.8. The SMILES string of the molecule is CN(Cc1ccco1)C1(CN)CCC(C(C)(C)C)CC1. The zero-order valence-corrected chi connectivity index (χ0v) is 13.5. The molecule has 2 rings (SSSR count). The molecule has 1 fully saturated rings. The Labute approximate surface area is 123 Å². The van der Waals surface area contributed by atoms with E-state index in [9.17, 15) is 0 Å². The van der Waals surface area contributed by atoms with Gasteiger partial charge in [-0.25, -0.2) is 0 Å². The van der Waals surface area contributed by atoms with Crippen LogP contribution in [0.1, 0.15) is 52.2 Å². The molecule has 3 heteroatoms. The highest BCUT2D eigenvalue weighted by Gasteiger charge is 2.40. The van der Waals surface area contributed by atoms with E-state index < -0.39 is 0 Å². The Balaban J connectivity index is 2.01. The first-order valence-corrected chi connectivity index (χ1v) is 7.81. The van der Waals surface area contributed by atoms with Crippen LogP contribution in [-0.2, 0) is 6.54 Å². The number of nitrogens with zero attached hydrogens (tertiary/aromatic N) is 1. The fourth-order valence-electron chi connectivity index (χ4n) is 3.57. The Kier molecular flexibility index (Phi) is 4.60. The molecule has 1 aromatic heterocycles. The molecule has 20 heavy (non-hydrogen) atoms. The molecule has 0 saturated heterocycles. The number of nitrogens with two attached hydrogens (primary N) is 1. The summed E-state index contributed by atoms with van der Waals surface area (Å²) in [7, 11) is 2.19. The summed E-state index contributed by atoms with van der Waals surface area (Å²) in [6.45, 7) is 8.67. The van der Waals surface area contributed by atoms with Crippen molar-refractivity contribution in [1.29, 1.82) is 0 Å². The lowest BCUT2D eigenvalue weighted by Gasteiger charge is -2.48. The van der Waals surface area contributed by atoms with Gasteiger partial charge in [-0.2, -0.15) is 0 Å². The van der Waals surface area contributed by atoms with E-state index in [0.29, 0.717) is 5.41 Å². The molecule has 1 heterocycles. The van der Waals surface area contributed by atoms with Crippen molar-refractivity contribution in [2.24, 2.45) is 17.1 Å². The van der Waals surface area contributed by atoms with Gasteiger partial charge < -0.3 is 10.2 Å². The van der Waals surface area contributed by atoms with Gasteiger partial charge in [0, 0.05) is 12.1 Å². The van der Waals surface area contributed by atoms with Crippen molar-refractivity contribution in [3.63, 3.8) is 0 Å². The predicted octanol–water partition coefficient (Wildman–Crippen LogP) is 3.65. The Morgan fingerprint density at radius 3 is 2.45 bits per heavy atom. The average Bonchev–Trinajstić information content (AvgIpc) is 2.90. The van der Waals surface area contributed by atoms with Crippen LogP contribution in [0.4, 0.5) is 0 Å². The first kappa shape index (κ1) is 15.6. The lowest BCUT2D eigenvalue weighted by atomic mass is 9.67. The lowest BCUT2D eigenvalue weighted by Crippen LogP contribution is -2.54. The second-order valence-corrected chi connectivity index (χ2v) is 7.50. The molecular weight excluding hydrogens is 248 g/mol. The molecule has 0 aliphatic heterocycles. The molecule has 1 saturated carbocycles. The van der Waals surface area contributed by atoms with Crippen molar-refractivity contribution >= 4 is 0 Å². The van der Waals surface area contributed by atoms with Crippen LogP contribution in [0.3, 0.4) is 0 Å². The molecule has 0 bridgehead atoms. The third-order valence-corrected chi connectivity index (χ3v) is 5.30. The van der Waals surface area contributed by atoms with Gasteiger partial charge in [-0.05, 0) is 56.2 Å². The number of hydrogen-bond donors (Lipinski definition) is 1. The van der Waals surface area contributed by atoms with Crippen molar-refractivity contribution < 1.29 is 4.42 Å². The summed E-state index contributed by atoms with van der Waals surface area (Å²) >= 11 is 0. The largest absolute Gasteiger partial charge is 0.468 e. The zero-order valence-electron chi connectivity index (χ0n) is 13.5. The van der Waals surface area contributed by atoms with Gasteiger partial charge in [-0.1, -0.05) is 20.8 Å². The van der Waals surface area contributed by atoms with Crippen molar-refractivity contribution in [1.82, 2.24) is 4.90 Å². The van der Waals surface area contributed by atoms with E-state index in [-0.39, 0.29) is 5.54 Å². The number of likely N-dealkylation sites (N-methyl/N-ethyl adjacent to an activating group) is 1. The Hall–Kier alpha value is -0.800. The molecule has 0 radical (unpaired) electrons. The van der Waals surface area contributed by atoms with Crippen molar-refractivity contribution in [3.8, 4) is 0 Å². The maximum atomic E-state index is 6.15. The molecule has 0 unspecified atom stereocenters. The fourth-order valence-corrected chi connectivity index (χ4v) is 3.57. The molecule has 0 atom stereocenters. The first-order valence-electron chi connectivity index (χ1n) is 7.81. The van der Waals surface area contributed by atoms with Gasteiger partial charge in [-0.15, -0.1) is 0 Å². The van der Waals surface area contributed by atoms with E-state index in [1.807, 2.05) is 12.1 Å². The summed E-state index contributed by atoms with van der Waals surface area (Å²) in [5, 5.41) is 0. The van der Waals surface area contributed by atoms with Crippen molar-refractivity contribution in [3.05, 3.63) is 24.2 Å². The Morgan fingerprint density at radius 2 is 2.00 bits per heavy atom. The van der Waals surface area contributed by atoms with Gasteiger partial charge in [0.2, 0.25) is 0 Å². The molecule has 0 amide bonds. The third kappa shape index (κ3) is 3.26. The summed E-state index contributed by atoms with van der Waals surface area (Å²) in [5.41, 5.74) is 6.71.